The summed E-state index contributed by atoms with van der Waals surface area (Å²) in [6.45, 7) is 10.7. The average Bonchev–Trinajstić information content (AvgIpc) is 3.42. The highest BCUT2D eigenvalue weighted by atomic mass is 19.1. The smallest absolute Gasteiger partial charge is 0.410 e. The lowest BCUT2D eigenvalue weighted by atomic mass is 9.86. The van der Waals surface area contributed by atoms with Gasteiger partial charge in [0.2, 0.25) is 0 Å². The molecular formula is C38H43FN4O7. The number of carboxylic acids is 1. The van der Waals surface area contributed by atoms with E-state index in [0.29, 0.717) is 78.3 Å². The minimum absolute atomic E-state index is 0.162. The van der Waals surface area contributed by atoms with Gasteiger partial charge < -0.3 is 33.7 Å². The van der Waals surface area contributed by atoms with Gasteiger partial charge in [0.05, 0.1) is 12.2 Å². The molecule has 0 unspecified atom stereocenters. The molecule has 50 heavy (non-hydrogen) atoms. The van der Waals surface area contributed by atoms with Gasteiger partial charge in [-0.2, -0.15) is 0 Å². The van der Waals surface area contributed by atoms with Crippen molar-refractivity contribution in [2.24, 2.45) is 7.05 Å². The second kappa shape index (κ2) is 13.7. The molecule has 1 fully saturated rings. The molecule has 1 N–H and O–H groups in total. The first-order valence-electron chi connectivity index (χ1n) is 16.9. The fourth-order valence-electron chi connectivity index (χ4n) is 6.84. The molecule has 0 bridgehead atoms. The predicted molar refractivity (Wildman–Crippen MR) is 185 cm³/mol. The lowest BCUT2D eigenvalue weighted by molar-refractivity contribution is -0.160. The number of amides is 2. The Kier molecular flexibility index (Phi) is 9.58. The van der Waals surface area contributed by atoms with Crippen molar-refractivity contribution >= 4 is 29.0 Å². The molecular weight excluding hydrogens is 643 g/mol. The van der Waals surface area contributed by atoms with E-state index in [4.69, 9.17) is 19.2 Å². The zero-order chi connectivity index (χ0) is 35.9. The van der Waals surface area contributed by atoms with Crippen LogP contribution >= 0.6 is 0 Å². The number of rotatable bonds is 7. The molecule has 2 amide bonds. The standard InChI is InChI=1S/C38H43FN4O7/c1-22-25-13-10-18-48-32(25)28(39)19-26(22)31-27-20-29(41(6)34(27)40-23(2)30(31)33(36(45)46)50-38(3,4)5)35(44)42-14-16-43(17-15-42)37(47)49-21-24-11-8-7-9-12-24/h7-9,11-12,19-20,33H,10,13-18,21H2,1-6H3,(H,45,46)/t33-/m0/s1. The SMILES string of the molecule is Cc1nc2c(cc(C(=O)N3CCN(C(=O)OCc4ccccc4)CC3)n2C)c(-c2cc(F)c3c(c2C)CCCO3)c1[C@H](OC(C)(C)C)C(=O)O. The number of halogens is 1. The third-order valence-corrected chi connectivity index (χ3v) is 9.32. The number of aromatic nitrogens is 2. The predicted octanol–water partition coefficient (Wildman–Crippen LogP) is 6.36. The minimum atomic E-state index is -1.43. The Morgan fingerprint density at radius 3 is 2.38 bits per heavy atom. The van der Waals surface area contributed by atoms with Gasteiger partial charge >= 0.3 is 12.1 Å². The molecule has 0 aliphatic carbocycles. The Morgan fingerprint density at radius 1 is 1.04 bits per heavy atom. The van der Waals surface area contributed by atoms with Gasteiger partial charge in [-0.3, -0.25) is 4.79 Å². The number of carbonyl (C=O) groups excluding carboxylic acids is 2. The summed E-state index contributed by atoms with van der Waals surface area (Å²) in [6.07, 6.45) is -0.530. The van der Waals surface area contributed by atoms with Crippen LogP contribution < -0.4 is 4.74 Å². The molecule has 11 nitrogen and oxygen atoms in total. The number of hydrogen-bond acceptors (Lipinski definition) is 7. The van der Waals surface area contributed by atoms with Gasteiger partial charge in [0.25, 0.3) is 5.91 Å². The molecule has 2 aromatic carbocycles. The first-order chi connectivity index (χ1) is 23.7. The summed E-state index contributed by atoms with van der Waals surface area (Å²) in [5, 5.41) is 11.0. The lowest BCUT2D eigenvalue weighted by Gasteiger charge is -2.34. The maximum absolute atomic E-state index is 15.7. The number of aryl methyl sites for hydroxylation is 2. The number of hydrogen-bond donors (Lipinski definition) is 1. The molecule has 0 spiro atoms. The Balaban J connectivity index is 1.38. The van der Waals surface area contributed by atoms with Crippen LogP contribution in [0.1, 0.15) is 71.7 Å². The summed E-state index contributed by atoms with van der Waals surface area (Å²) < 4.78 is 34.8. The van der Waals surface area contributed by atoms with Crippen molar-refractivity contribution in [3.05, 3.63) is 81.9 Å². The monoisotopic (exact) mass is 686 g/mol. The summed E-state index contributed by atoms with van der Waals surface area (Å²) in [4.78, 5) is 47.8. The summed E-state index contributed by atoms with van der Waals surface area (Å²) >= 11 is 0. The zero-order valence-electron chi connectivity index (χ0n) is 29.3. The number of fused-ring (bicyclic) bond motifs is 2. The molecule has 4 heterocycles. The number of pyridine rings is 1. The third kappa shape index (κ3) is 6.76. The molecule has 1 atom stereocenters. The van der Waals surface area contributed by atoms with Gasteiger partial charge in [-0.15, -0.1) is 0 Å². The number of carbonyl (C=O) groups is 3. The topological polar surface area (TPSA) is 123 Å². The largest absolute Gasteiger partial charge is 0.490 e. The van der Waals surface area contributed by atoms with E-state index >= 15 is 4.39 Å². The molecule has 0 saturated carbocycles. The molecule has 0 radical (unpaired) electrons. The highest BCUT2D eigenvalue weighted by Crippen LogP contribution is 2.45. The van der Waals surface area contributed by atoms with Gasteiger partial charge in [0.1, 0.15) is 17.9 Å². The Bertz CT molecular complexity index is 1960. The minimum Gasteiger partial charge on any atom is -0.490 e. The fraction of sp³-hybridized carbons (Fsp3) is 0.421. The molecule has 2 aromatic heterocycles. The molecule has 2 aliphatic rings. The van der Waals surface area contributed by atoms with E-state index in [1.54, 1.807) is 55.2 Å². The third-order valence-electron chi connectivity index (χ3n) is 9.32. The maximum atomic E-state index is 15.7. The van der Waals surface area contributed by atoms with Crippen LogP contribution in [0.4, 0.5) is 9.18 Å². The first kappa shape index (κ1) is 34.9. The van der Waals surface area contributed by atoms with Crippen molar-refractivity contribution in [2.75, 3.05) is 32.8 Å². The average molecular weight is 687 g/mol. The summed E-state index contributed by atoms with van der Waals surface area (Å²) in [5.41, 5.74) is 3.96. The van der Waals surface area contributed by atoms with Crippen molar-refractivity contribution in [1.29, 1.82) is 0 Å². The maximum Gasteiger partial charge on any atom is 0.410 e. The van der Waals surface area contributed by atoms with Crippen LogP contribution in [0, 0.1) is 19.7 Å². The van der Waals surface area contributed by atoms with Gasteiger partial charge in [-0.25, -0.2) is 19.0 Å². The zero-order valence-corrected chi connectivity index (χ0v) is 29.3. The Labute approximate surface area is 290 Å². The van der Waals surface area contributed by atoms with Gasteiger partial charge in [-0.05, 0) is 76.3 Å². The van der Waals surface area contributed by atoms with Crippen molar-refractivity contribution in [1.82, 2.24) is 19.4 Å². The molecule has 6 rings (SSSR count). The number of piperazine rings is 1. The van der Waals surface area contributed by atoms with Gasteiger partial charge in [0.15, 0.2) is 17.7 Å². The highest BCUT2D eigenvalue weighted by Gasteiger charge is 2.35. The molecule has 1 saturated heterocycles. The van der Waals surface area contributed by atoms with Crippen molar-refractivity contribution < 1.29 is 38.1 Å². The fourth-order valence-corrected chi connectivity index (χ4v) is 6.84. The first-order valence-corrected chi connectivity index (χ1v) is 16.9. The molecule has 2 aliphatic heterocycles. The normalized spacial score (nSPS) is 15.4. The summed E-state index contributed by atoms with van der Waals surface area (Å²) in [7, 11) is 1.73. The van der Waals surface area contributed by atoms with Crippen molar-refractivity contribution in [2.45, 2.75) is 65.8 Å². The van der Waals surface area contributed by atoms with Crippen LogP contribution in [0.15, 0.2) is 42.5 Å². The van der Waals surface area contributed by atoms with Crippen molar-refractivity contribution in [3.63, 3.8) is 0 Å². The lowest BCUT2D eigenvalue weighted by Crippen LogP contribution is -2.51. The Hall–Kier alpha value is -4.97. The van der Waals surface area contributed by atoms with E-state index in [0.717, 1.165) is 23.1 Å². The van der Waals surface area contributed by atoms with Crippen molar-refractivity contribution in [3.8, 4) is 16.9 Å². The van der Waals surface area contributed by atoms with E-state index in [1.165, 1.54) is 6.07 Å². The summed E-state index contributed by atoms with van der Waals surface area (Å²) in [5.74, 6) is -1.80. The summed E-state index contributed by atoms with van der Waals surface area (Å²) in [6, 6.07) is 12.5. The van der Waals surface area contributed by atoms with E-state index in [-0.39, 0.29) is 18.3 Å². The molecule has 264 valence electrons. The van der Waals surface area contributed by atoms with E-state index in [2.05, 4.69) is 0 Å². The van der Waals surface area contributed by atoms with Crippen LogP contribution in [-0.2, 0) is 34.3 Å². The number of benzene rings is 2. The second-order valence-electron chi connectivity index (χ2n) is 13.9. The van der Waals surface area contributed by atoms with E-state index in [9.17, 15) is 19.5 Å². The highest BCUT2D eigenvalue weighted by molar-refractivity contribution is 6.05. The number of ether oxygens (including phenoxy) is 3. The number of carboxylic acid groups (broad SMARTS) is 1. The van der Waals surface area contributed by atoms with Crippen LogP contribution in [0.5, 0.6) is 5.75 Å². The van der Waals surface area contributed by atoms with Crippen LogP contribution in [0.3, 0.4) is 0 Å². The second-order valence-corrected chi connectivity index (χ2v) is 13.9. The van der Waals surface area contributed by atoms with Gasteiger partial charge in [-0.1, -0.05) is 30.3 Å². The van der Waals surface area contributed by atoms with Crippen LogP contribution in [0.2, 0.25) is 0 Å². The Morgan fingerprint density at radius 2 is 1.72 bits per heavy atom. The number of aliphatic carboxylic acids is 1. The molecule has 12 heteroatoms. The quantitative estimate of drug-likeness (QED) is 0.239. The molecule has 4 aromatic rings. The van der Waals surface area contributed by atoms with E-state index in [1.807, 2.05) is 37.3 Å². The van der Waals surface area contributed by atoms with E-state index < -0.39 is 29.6 Å². The number of nitrogens with zero attached hydrogens (tertiary/aromatic N) is 4. The van der Waals surface area contributed by atoms with Crippen LogP contribution in [-0.4, -0.2) is 80.8 Å². The van der Waals surface area contributed by atoms with Gasteiger partial charge in [0, 0.05) is 61.0 Å². The van der Waals surface area contributed by atoms with Crippen LogP contribution in [0.25, 0.3) is 22.2 Å².